The largest absolute Gasteiger partial charge is 0.496 e. The third-order valence-electron chi connectivity index (χ3n) is 5.64. The molecule has 0 bridgehead atoms. The average molecular weight is 485 g/mol. The Hall–Kier alpha value is -4.53. The molecule has 180 valence electrons. The Morgan fingerprint density at radius 3 is 2.57 bits per heavy atom. The number of methoxy groups -OCH3 is 2. The van der Waals surface area contributed by atoms with Gasteiger partial charge in [-0.3, -0.25) is 4.90 Å². The van der Waals surface area contributed by atoms with Crippen molar-refractivity contribution < 1.29 is 27.4 Å². The number of hydrogen-bond acceptors (Lipinski definition) is 7. The zero-order valence-electron chi connectivity index (χ0n) is 18.7. The van der Waals surface area contributed by atoms with E-state index in [0.29, 0.717) is 5.56 Å². The summed E-state index contributed by atoms with van der Waals surface area (Å²) in [6, 6.07) is 9.78. The molecule has 9 nitrogen and oxygen atoms in total. The standard InChI is InChI=1S/C23H18F3N5O4/c1-12-18(20(32)35-3)19(16-8-7-13(11-27)9-17(16)34-2)31-21(28-29-22(31)33)30(12)15-6-4-5-14(10-15)23(24,25)26/h4-10,19H,1-3H3,(H,29,33)/t19-/m0/s1. The quantitative estimate of drug-likeness (QED) is 0.561. The van der Waals surface area contributed by atoms with Gasteiger partial charge in [-0.1, -0.05) is 12.1 Å². The van der Waals surface area contributed by atoms with Gasteiger partial charge in [0.15, 0.2) is 0 Å². The number of hydrogen-bond donors (Lipinski definition) is 1. The maximum absolute atomic E-state index is 13.4. The van der Waals surface area contributed by atoms with E-state index in [4.69, 9.17) is 9.47 Å². The minimum Gasteiger partial charge on any atom is -0.496 e. The Morgan fingerprint density at radius 2 is 1.94 bits per heavy atom. The molecule has 0 unspecified atom stereocenters. The number of rotatable bonds is 4. The highest BCUT2D eigenvalue weighted by atomic mass is 19.4. The predicted molar refractivity (Wildman–Crippen MR) is 117 cm³/mol. The van der Waals surface area contributed by atoms with Gasteiger partial charge in [-0.15, -0.1) is 5.10 Å². The van der Waals surface area contributed by atoms with Crippen LogP contribution in [0.1, 0.15) is 29.7 Å². The molecule has 0 saturated carbocycles. The number of aromatic amines is 1. The highest BCUT2D eigenvalue weighted by molar-refractivity contribution is 5.93. The van der Waals surface area contributed by atoms with E-state index in [1.54, 1.807) is 0 Å². The molecule has 1 aliphatic heterocycles. The van der Waals surface area contributed by atoms with E-state index in [1.165, 1.54) is 49.3 Å². The minimum atomic E-state index is -4.61. The molecule has 1 N–H and O–H groups in total. The Bertz CT molecular complexity index is 1450. The van der Waals surface area contributed by atoms with Gasteiger partial charge in [0.1, 0.15) is 11.8 Å². The summed E-state index contributed by atoms with van der Waals surface area (Å²) in [5.41, 5.74) is -0.802. The van der Waals surface area contributed by atoms with Crippen LogP contribution >= 0.6 is 0 Å². The molecule has 1 aromatic heterocycles. The summed E-state index contributed by atoms with van der Waals surface area (Å²) in [6.45, 7) is 1.51. The van der Waals surface area contributed by atoms with Crippen LogP contribution in [0.5, 0.6) is 5.75 Å². The first-order chi connectivity index (χ1) is 16.6. The molecule has 12 heteroatoms. The third kappa shape index (κ3) is 3.90. The number of nitriles is 1. The lowest BCUT2D eigenvalue weighted by Crippen LogP contribution is -2.37. The monoisotopic (exact) mass is 485 g/mol. The number of nitrogens with zero attached hydrogens (tertiary/aromatic N) is 4. The smallest absolute Gasteiger partial charge is 0.416 e. The lowest BCUT2D eigenvalue weighted by molar-refractivity contribution is -0.138. The van der Waals surface area contributed by atoms with Crippen LogP contribution < -0.4 is 15.3 Å². The zero-order chi connectivity index (χ0) is 25.5. The first kappa shape index (κ1) is 23.6. The molecule has 0 radical (unpaired) electrons. The number of benzene rings is 2. The maximum Gasteiger partial charge on any atom is 0.416 e. The first-order valence-corrected chi connectivity index (χ1v) is 10.1. The highest BCUT2D eigenvalue weighted by Crippen LogP contribution is 2.44. The molecule has 0 amide bonds. The van der Waals surface area contributed by atoms with E-state index >= 15 is 0 Å². The third-order valence-corrected chi connectivity index (χ3v) is 5.64. The zero-order valence-corrected chi connectivity index (χ0v) is 18.7. The van der Waals surface area contributed by atoms with E-state index in [2.05, 4.69) is 10.2 Å². The van der Waals surface area contributed by atoms with Gasteiger partial charge in [-0.2, -0.15) is 18.4 Å². The van der Waals surface area contributed by atoms with Crippen molar-refractivity contribution in [2.24, 2.45) is 0 Å². The summed E-state index contributed by atoms with van der Waals surface area (Å²) in [5, 5.41) is 15.6. The Kier molecular flexibility index (Phi) is 5.86. The van der Waals surface area contributed by atoms with Gasteiger partial charge in [0.05, 0.1) is 37.0 Å². The van der Waals surface area contributed by atoms with Crippen LogP contribution in [-0.2, 0) is 15.7 Å². The van der Waals surface area contributed by atoms with Crippen molar-refractivity contribution in [3.8, 4) is 11.8 Å². The summed E-state index contributed by atoms with van der Waals surface area (Å²) < 4.78 is 51.7. The van der Waals surface area contributed by atoms with E-state index in [9.17, 15) is 28.0 Å². The van der Waals surface area contributed by atoms with Gasteiger partial charge >= 0.3 is 17.8 Å². The van der Waals surface area contributed by atoms with Crippen LogP contribution in [-0.4, -0.2) is 35.0 Å². The summed E-state index contributed by atoms with van der Waals surface area (Å²) >= 11 is 0. The summed E-state index contributed by atoms with van der Waals surface area (Å²) in [4.78, 5) is 27.2. The number of halogens is 3. The van der Waals surface area contributed by atoms with Crippen molar-refractivity contribution in [2.75, 3.05) is 19.1 Å². The number of anilines is 2. The molecular weight excluding hydrogens is 467 g/mol. The predicted octanol–water partition coefficient (Wildman–Crippen LogP) is 3.66. The fraction of sp³-hybridized carbons (Fsp3) is 0.217. The van der Waals surface area contributed by atoms with Crippen LogP contribution in [0.15, 0.2) is 58.5 Å². The van der Waals surface area contributed by atoms with E-state index < -0.39 is 29.4 Å². The topological polar surface area (TPSA) is 113 Å². The molecule has 4 rings (SSSR count). The molecule has 0 fully saturated rings. The van der Waals surface area contributed by atoms with E-state index in [1.807, 2.05) is 6.07 Å². The number of allylic oxidation sites excluding steroid dienone is 1. The first-order valence-electron chi connectivity index (χ1n) is 10.1. The number of aromatic nitrogens is 3. The Morgan fingerprint density at radius 1 is 1.20 bits per heavy atom. The van der Waals surface area contributed by atoms with Gasteiger partial charge in [-0.25, -0.2) is 19.3 Å². The van der Waals surface area contributed by atoms with Crippen molar-refractivity contribution in [3.63, 3.8) is 0 Å². The lowest BCUT2D eigenvalue weighted by Gasteiger charge is -2.35. The number of nitrogens with one attached hydrogen (secondary N) is 1. The summed E-state index contributed by atoms with van der Waals surface area (Å²) in [5.74, 6) is -0.639. The van der Waals surface area contributed by atoms with E-state index in [0.717, 1.165) is 23.8 Å². The molecule has 0 spiro atoms. The Balaban J connectivity index is 2.03. The maximum atomic E-state index is 13.4. The Labute approximate surface area is 196 Å². The van der Waals surface area contributed by atoms with Gasteiger partial charge in [0.2, 0.25) is 5.95 Å². The van der Waals surface area contributed by atoms with Crippen molar-refractivity contribution in [3.05, 3.63) is 80.9 Å². The lowest BCUT2D eigenvalue weighted by atomic mass is 9.93. The number of ether oxygens (including phenoxy) is 2. The van der Waals surface area contributed by atoms with Crippen LogP contribution in [0, 0.1) is 11.3 Å². The van der Waals surface area contributed by atoms with Crippen LogP contribution in [0.3, 0.4) is 0 Å². The number of alkyl halides is 3. The normalized spacial score (nSPS) is 15.5. The minimum absolute atomic E-state index is 0.0241. The second-order valence-corrected chi connectivity index (χ2v) is 7.54. The molecule has 0 aliphatic carbocycles. The highest BCUT2D eigenvalue weighted by Gasteiger charge is 2.41. The molecular formula is C23H18F3N5O4. The van der Waals surface area contributed by atoms with Gasteiger partial charge in [0.25, 0.3) is 0 Å². The molecule has 0 saturated heterocycles. The second kappa shape index (κ2) is 8.68. The number of H-pyrrole nitrogens is 1. The SMILES string of the molecule is COC(=O)C1=C(C)N(c2cccc(C(F)(F)F)c2)c2n[nH]c(=O)n2[C@H]1c1ccc(C#N)cc1OC. The van der Waals surface area contributed by atoms with Crippen molar-refractivity contribution in [1.29, 1.82) is 5.26 Å². The molecule has 2 aromatic carbocycles. The van der Waals surface area contributed by atoms with E-state index in [-0.39, 0.29) is 34.2 Å². The van der Waals surface area contributed by atoms with Crippen LogP contribution in [0.2, 0.25) is 0 Å². The van der Waals surface area contributed by atoms with Gasteiger partial charge in [-0.05, 0) is 37.3 Å². The number of carbonyl (C=O) groups excluding carboxylic acids is 1. The molecule has 3 aromatic rings. The van der Waals surface area contributed by atoms with Gasteiger partial charge < -0.3 is 9.47 Å². The second-order valence-electron chi connectivity index (χ2n) is 7.54. The van der Waals surface area contributed by atoms with Crippen molar-refractivity contribution in [2.45, 2.75) is 19.1 Å². The fourth-order valence-corrected chi connectivity index (χ4v) is 4.09. The van der Waals surface area contributed by atoms with Crippen LogP contribution in [0.4, 0.5) is 24.8 Å². The average Bonchev–Trinajstić information content (AvgIpc) is 3.22. The number of esters is 1. The van der Waals surface area contributed by atoms with Crippen molar-refractivity contribution in [1.82, 2.24) is 14.8 Å². The molecule has 1 aliphatic rings. The molecule has 35 heavy (non-hydrogen) atoms. The summed E-state index contributed by atoms with van der Waals surface area (Å²) in [7, 11) is 2.52. The fourth-order valence-electron chi connectivity index (χ4n) is 4.09. The summed E-state index contributed by atoms with van der Waals surface area (Å²) in [6.07, 6.45) is -4.61. The molecule has 2 heterocycles. The number of fused-ring (bicyclic) bond motifs is 1. The van der Waals surface area contributed by atoms with Gasteiger partial charge in [0, 0.05) is 16.9 Å². The number of carbonyl (C=O) groups is 1. The molecule has 1 atom stereocenters. The van der Waals surface area contributed by atoms with Crippen molar-refractivity contribution >= 4 is 17.6 Å². The van der Waals surface area contributed by atoms with Crippen LogP contribution in [0.25, 0.3) is 0 Å².